The average molecular weight is 360 g/mol. The Bertz CT molecular complexity index is 811. The first-order valence-electron chi connectivity index (χ1n) is 6.51. The highest BCUT2D eigenvalue weighted by atomic mass is 32.2. The minimum atomic E-state index is -3.63. The summed E-state index contributed by atoms with van der Waals surface area (Å²) in [4.78, 5) is 0.0972. The van der Waals surface area contributed by atoms with Gasteiger partial charge >= 0.3 is 0 Å². The van der Waals surface area contributed by atoms with E-state index in [1.807, 2.05) is 6.92 Å². The number of benzene rings is 1. The molecular weight excluding hydrogens is 344 g/mol. The summed E-state index contributed by atoms with van der Waals surface area (Å²) < 4.78 is 53.0. The van der Waals surface area contributed by atoms with Crippen LogP contribution in [0.2, 0.25) is 0 Å². The van der Waals surface area contributed by atoms with Crippen LogP contribution in [-0.4, -0.2) is 23.4 Å². The van der Waals surface area contributed by atoms with Crippen molar-refractivity contribution in [2.45, 2.75) is 22.4 Å². The maximum Gasteiger partial charge on any atom is 0.271 e. The third kappa shape index (κ3) is 4.07. The van der Waals surface area contributed by atoms with Gasteiger partial charge in [0.25, 0.3) is 10.0 Å². The molecule has 0 aliphatic carbocycles. The smallest absolute Gasteiger partial charge is 0.271 e. The summed E-state index contributed by atoms with van der Waals surface area (Å²) in [5.74, 6) is 0. The van der Waals surface area contributed by atoms with Crippen LogP contribution in [-0.2, 0) is 20.0 Å². The predicted octanol–water partition coefficient (Wildman–Crippen LogP) is 2.24. The second-order valence-electron chi connectivity index (χ2n) is 4.46. The molecule has 0 radical (unpaired) electrons. The van der Waals surface area contributed by atoms with Crippen LogP contribution in [0.5, 0.6) is 0 Å². The Labute approximate surface area is 134 Å². The first-order chi connectivity index (χ1) is 10.3. The van der Waals surface area contributed by atoms with E-state index in [2.05, 4.69) is 9.44 Å². The zero-order chi connectivity index (χ0) is 16.2. The fourth-order valence-electron chi connectivity index (χ4n) is 1.64. The van der Waals surface area contributed by atoms with E-state index in [-0.39, 0.29) is 9.10 Å². The highest BCUT2D eigenvalue weighted by Crippen LogP contribution is 2.21. The maximum absolute atomic E-state index is 12.1. The van der Waals surface area contributed by atoms with E-state index in [4.69, 9.17) is 0 Å². The van der Waals surface area contributed by atoms with Gasteiger partial charge < -0.3 is 0 Å². The summed E-state index contributed by atoms with van der Waals surface area (Å²) in [5, 5.41) is 1.67. The van der Waals surface area contributed by atoms with Crippen LogP contribution < -0.4 is 9.44 Å². The van der Waals surface area contributed by atoms with Gasteiger partial charge in [0.05, 0.1) is 4.90 Å². The lowest BCUT2D eigenvalue weighted by Gasteiger charge is -2.08. The van der Waals surface area contributed by atoms with Gasteiger partial charge in [0.15, 0.2) is 0 Å². The lowest BCUT2D eigenvalue weighted by Crippen LogP contribution is -2.24. The van der Waals surface area contributed by atoms with Gasteiger partial charge in [-0.1, -0.05) is 13.0 Å². The van der Waals surface area contributed by atoms with Gasteiger partial charge in [-0.2, -0.15) is 0 Å². The molecule has 0 aliphatic heterocycles. The zero-order valence-electron chi connectivity index (χ0n) is 11.8. The molecular formula is C13H16N2O4S3. The Morgan fingerprint density at radius 1 is 1.00 bits per heavy atom. The summed E-state index contributed by atoms with van der Waals surface area (Å²) >= 11 is 1.11. The van der Waals surface area contributed by atoms with Crippen LogP contribution in [0.25, 0.3) is 0 Å². The van der Waals surface area contributed by atoms with Gasteiger partial charge in [-0.15, -0.1) is 11.3 Å². The Morgan fingerprint density at radius 2 is 1.68 bits per heavy atom. The molecule has 0 saturated carbocycles. The van der Waals surface area contributed by atoms with Crippen molar-refractivity contribution in [3.63, 3.8) is 0 Å². The van der Waals surface area contributed by atoms with Crippen molar-refractivity contribution in [3.05, 3.63) is 41.8 Å². The Morgan fingerprint density at radius 3 is 2.23 bits per heavy atom. The van der Waals surface area contributed by atoms with E-state index in [1.54, 1.807) is 11.4 Å². The van der Waals surface area contributed by atoms with Crippen molar-refractivity contribution >= 4 is 37.1 Å². The topological polar surface area (TPSA) is 92.3 Å². The maximum atomic E-state index is 12.1. The van der Waals surface area contributed by atoms with Crippen molar-refractivity contribution in [2.75, 3.05) is 11.3 Å². The first-order valence-corrected chi connectivity index (χ1v) is 10.4. The van der Waals surface area contributed by atoms with E-state index in [0.717, 1.165) is 11.3 Å². The van der Waals surface area contributed by atoms with Gasteiger partial charge in [-0.3, -0.25) is 4.72 Å². The number of rotatable bonds is 7. The van der Waals surface area contributed by atoms with Gasteiger partial charge in [0.1, 0.15) is 4.21 Å². The van der Waals surface area contributed by atoms with Crippen LogP contribution in [0.3, 0.4) is 0 Å². The summed E-state index contributed by atoms with van der Waals surface area (Å²) in [7, 11) is -7.18. The molecule has 0 fully saturated rings. The molecule has 22 heavy (non-hydrogen) atoms. The van der Waals surface area contributed by atoms with Gasteiger partial charge in [-0.05, 0) is 42.1 Å². The Kier molecular flexibility index (Phi) is 5.22. The van der Waals surface area contributed by atoms with E-state index in [1.165, 1.54) is 30.3 Å². The second-order valence-corrected chi connectivity index (χ2v) is 9.08. The molecule has 0 amide bonds. The monoisotopic (exact) mass is 360 g/mol. The highest BCUT2D eigenvalue weighted by Gasteiger charge is 2.16. The molecule has 0 spiro atoms. The average Bonchev–Trinajstić information content (AvgIpc) is 3.00. The number of nitrogens with one attached hydrogen (secondary N) is 2. The number of anilines is 1. The molecule has 1 aromatic carbocycles. The van der Waals surface area contributed by atoms with Crippen LogP contribution >= 0.6 is 11.3 Å². The van der Waals surface area contributed by atoms with Crippen LogP contribution in [0, 0.1) is 0 Å². The summed E-state index contributed by atoms with van der Waals surface area (Å²) in [5.41, 5.74) is 0.308. The number of hydrogen-bond acceptors (Lipinski definition) is 5. The molecule has 0 saturated heterocycles. The molecule has 6 nitrogen and oxygen atoms in total. The van der Waals surface area contributed by atoms with Crippen molar-refractivity contribution in [1.82, 2.24) is 4.72 Å². The largest absolute Gasteiger partial charge is 0.279 e. The molecule has 1 heterocycles. The lowest BCUT2D eigenvalue weighted by molar-refractivity contribution is 0.581. The highest BCUT2D eigenvalue weighted by molar-refractivity contribution is 7.94. The molecule has 2 rings (SSSR count). The molecule has 0 aliphatic rings. The van der Waals surface area contributed by atoms with Crippen LogP contribution in [0.4, 0.5) is 5.69 Å². The van der Waals surface area contributed by atoms with Crippen molar-refractivity contribution in [2.24, 2.45) is 0 Å². The molecule has 2 N–H and O–H groups in total. The Hall–Kier alpha value is -1.42. The standard InChI is InChI=1S/C13H16N2O4S3/c1-2-9-14-21(16,17)12-7-5-11(6-8-12)15-22(18,19)13-4-3-10-20-13/h3-8,10,14-15H,2,9H2,1H3. The zero-order valence-corrected chi connectivity index (χ0v) is 14.3. The third-order valence-corrected chi connectivity index (χ3v) is 6.97. The molecule has 9 heteroatoms. The summed E-state index contributed by atoms with van der Waals surface area (Å²) in [6, 6.07) is 8.72. The molecule has 120 valence electrons. The normalized spacial score (nSPS) is 12.2. The number of sulfonamides is 2. The summed E-state index contributed by atoms with van der Waals surface area (Å²) in [6.07, 6.45) is 0.692. The van der Waals surface area contributed by atoms with Crippen molar-refractivity contribution in [1.29, 1.82) is 0 Å². The van der Waals surface area contributed by atoms with Gasteiger partial charge in [0.2, 0.25) is 10.0 Å². The fraction of sp³-hybridized carbons (Fsp3) is 0.231. The van der Waals surface area contributed by atoms with E-state index in [0.29, 0.717) is 18.7 Å². The van der Waals surface area contributed by atoms with Crippen molar-refractivity contribution < 1.29 is 16.8 Å². The second kappa shape index (κ2) is 6.78. The van der Waals surface area contributed by atoms with E-state index < -0.39 is 20.0 Å². The molecule has 0 atom stereocenters. The van der Waals surface area contributed by atoms with Gasteiger partial charge in [-0.25, -0.2) is 21.6 Å². The minimum Gasteiger partial charge on any atom is -0.279 e. The quantitative estimate of drug-likeness (QED) is 0.792. The molecule has 2 aromatic rings. The summed E-state index contributed by atoms with van der Waals surface area (Å²) in [6.45, 7) is 2.22. The third-order valence-electron chi connectivity index (χ3n) is 2.72. The number of thiophene rings is 1. The predicted molar refractivity (Wildman–Crippen MR) is 87.0 cm³/mol. The Balaban J connectivity index is 2.16. The van der Waals surface area contributed by atoms with Crippen LogP contribution in [0.1, 0.15) is 13.3 Å². The minimum absolute atomic E-state index is 0.0972. The van der Waals surface area contributed by atoms with Crippen LogP contribution in [0.15, 0.2) is 50.9 Å². The fourth-order valence-corrected chi connectivity index (χ4v) is 4.83. The first kappa shape index (κ1) is 16.9. The van der Waals surface area contributed by atoms with E-state index >= 15 is 0 Å². The molecule has 0 bridgehead atoms. The van der Waals surface area contributed by atoms with Gasteiger partial charge in [0, 0.05) is 12.2 Å². The number of hydrogen-bond donors (Lipinski definition) is 2. The van der Waals surface area contributed by atoms with E-state index in [9.17, 15) is 16.8 Å². The SMILES string of the molecule is CCCNS(=O)(=O)c1ccc(NS(=O)(=O)c2cccs2)cc1. The lowest BCUT2D eigenvalue weighted by atomic mass is 10.3. The molecule has 1 aromatic heterocycles. The molecule has 0 unspecified atom stereocenters. The van der Waals surface area contributed by atoms with Crippen molar-refractivity contribution in [3.8, 4) is 0 Å².